The Morgan fingerprint density at radius 1 is 1.00 bits per heavy atom. The third kappa shape index (κ3) is 7.09. The number of carbonyl (C=O) groups is 3. The summed E-state index contributed by atoms with van der Waals surface area (Å²) in [6, 6.07) is 13.8. The molecule has 0 aliphatic carbocycles. The van der Waals surface area contributed by atoms with Crippen molar-refractivity contribution in [3.05, 3.63) is 59.7 Å². The summed E-state index contributed by atoms with van der Waals surface area (Å²) in [5.41, 5.74) is 2.32. The molecule has 3 amide bonds. The molecular weight excluding hydrogens is 408 g/mol. The van der Waals surface area contributed by atoms with Crippen molar-refractivity contribution in [2.75, 3.05) is 30.3 Å². The molecule has 3 rings (SSSR count). The highest BCUT2D eigenvalue weighted by Crippen LogP contribution is 2.13. The predicted molar refractivity (Wildman–Crippen MR) is 124 cm³/mol. The Bertz CT molecular complexity index is 937. The average molecular weight is 439 g/mol. The predicted octanol–water partition coefficient (Wildman–Crippen LogP) is 2.78. The van der Waals surface area contributed by atoms with Crippen molar-refractivity contribution in [2.45, 2.75) is 38.8 Å². The van der Waals surface area contributed by atoms with Crippen LogP contribution in [0.3, 0.4) is 0 Å². The minimum Gasteiger partial charge on any atom is -0.376 e. The van der Waals surface area contributed by atoms with Crippen LogP contribution >= 0.6 is 0 Å². The summed E-state index contributed by atoms with van der Waals surface area (Å²) in [7, 11) is 0. The van der Waals surface area contributed by atoms with Crippen LogP contribution in [0.1, 0.15) is 47.4 Å². The second-order valence-electron chi connectivity index (χ2n) is 8.03. The molecule has 1 atom stereocenters. The first kappa shape index (κ1) is 23.3. The van der Waals surface area contributed by atoms with Gasteiger partial charge < -0.3 is 26.0 Å². The van der Waals surface area contributed by atoms with E-state index in [1.807, 2.05) is 13.8 Å². The van der Waals surface area contributed by atoms with Crippen LogP contribution in [-0.2, 0) is 9.53 Å². The maximum Gasteiger partial charge on any atom is 0.251 e. The fourth-order valence-corrected chi connectivity index (χ4v) is 3.32. The molecule has 2 aromatic rings. The quantitative estimate of drug-likeness (QED) is 0.481. The molecule has 0 aromatic heterocycles. The van der Waals surface area contributed by atoms with Gasteiger partial charge >= 0.3 is 0 Å². The zero-order valence-corrected chi connectivity index (χ0v) is 18.4. The first-order valence-corrected chi connectivity index (χ1v) is 10.9. The Hall–Kier alpha value is -3.39. The lowest BCUT2D eigenvalue weighted by Crippen LogP contribution is -2.31. The van der Waals surface area contributed by atoms with Gasteiger partial charge in [0.15, 0.2) is 0 Å². The minimum atomic E-state index is -0.238. The molecule has 0 bridgehead atoms. The lowest BCUT2D eigenvalue weighted by Gasteiger charge is -2.12. The molecule has 1 unspecified atom stereocenters. The van der Waals surface area contributed by atoms with Crippen LogP contribution in [0.4, 0.5) is 11.4 Å². The van der Waals surface area contributed by atoms with Gasteiger partial charge in [-0.2, -0.15) is 0 Å². The van der Waals surface area contributed by atoms with Crippen molar-refractivity contribution < 1.29 is 19.1 Å². The van der Waals surface area contributed by atoms with Gasteiger partial charge in [0.05, 0.1) is 12.6 Å². The molecule has 1 heterocycles. The molecule has 8 heteroatoms. The SMILES string of the molecule is CC(C)NC(=O)c1cccc(NCC(=O)Nc2ccc(C(=O)NCC3CCCO3)cc2)c1. The van der Waals surface area contributed by atoms with E-state index in [1.54, 1.807) is 48.5 Å². The highest BCUT2D eigenvalue weighted by Gasteiger charge is 2.16. The smallest absolute Gasteiger partial charge is 0.251 e. The molecule has 1 fully saturated rings. The normalized spacial score (nSPS) is 15.3. The molecular formula is C24H30N4O4. The molecule has 2 aromatic carbocycles. The lowest BCUT2D eigenvalue weighted by atomic mass is 10.1. The number of amides is 3. The first-order chi connectivity index (χ1) is 15.4. The molecule has 32 heavy (non-hydrogen) atoms. The lowest BCUT2D eigenvalue weighted by molar-refractivity contribution is -0.114. The zero-order chi connectivity index (χ0) is 22.9. The van der Waals surface area contributed by atoms with Gasteiger partial charge in [-0.15, -0.1) is 0 Å². The third-order valence-electron chi connectivity index (χ3n) is 4.94. The number of hydrogen-bond acceptors (Lipinski definition) is 5. The molecule has 8 nitrogen and oxygen atoms in total. The molecule has 0 radical (unpaired) electrons. The first-order valence-electron chi connectivity index (χ1n) is 10.9. The number of rotatable bonds is 9. The highest BCUT2D eigenvalue weighted by molar-refractivity contribution is 5.97. The van der Waals surface area contributed by atoms with Gasteiger partial charge in [0, 0.05) is 41.7 Å². The minimum absolute atomic E-state index is 0.0406. The van der Waals surface area contributed by atoms with Crippen molar-refractivity contribution in [3.8, 4) is 0 Å². The van der Waals surface area contributed by atoms with Crippen molar-refractivity contribution in [2.24, 2.45) is 0 Å². The molecule has 0 saturated carbocycles. The van der Waals surface area contributed by atoms with E-state index in [0.717, 1.165) is 19.4 Å². The second-order valence-corrected chi connectivity index (χ2v) is 8.03. The summed E-state index contributed by atoms with van der Waals surface area (Å²) in [4.78, 5) is 36.6. The van der Waals surface area contributed by atoms with Crippen LogP contribution in [-0.4, -0.2) is 49.6 Å². The van der Waals surface area contributed by atoms with Gasteiger partial charge in [-0.25, -0.2) is 0 Å². The summed E-state index contributed by atoms with van der Waals surface area (Å²) in [6.45, 7) is 5.09. The highest BCUT2D eigenvalue weighted by atomic mass is 16.5. The van der Waals surface area contributed by atoms with E-state index < -0.39 is 0 Å². The van der Waals surface area contributed by atoms with Crippen LogP contribution in [0, 0.1) is 0 Å². The van der Waals surface area contributed by atoms with E-state index in [-0.39, 0.29) is 36.4 Å². The monoisotopic (exact) mass is 438 g/mol. The summed E-state index contributed by atoms with van der Waals surface area (Å²) in [5.74, 6) is -0.563. The topological polar surface area (TPSA) is 109 Å². The summed E-state index contributed by atoms with van der Waals surface area (Å²) >= 11 is 0. The Balaban J connectivity index is 1.45. The Labute approximate surface area is 188 Å². The van der Waals surface area contributed by atoms with Gasteiger partial charge in [-0.3, -0.25) is 14.4 Å². The molecule has 1 saturated heterocycles. The molecule has 0 spiro atoms. The van der Waals surface area contributed by atoms with E-state index in [9.17, 15) is 14.4 Å². The number of nitrogens with one attached hydrogen (secondary N) is 4. The van der Waals surface area contributed by atoms with Crippen LogP contribution in [0.2, 0.25) is 0 Å². The summed E-state index contributed by atoms with van der Waals surface area (Å²) in [6.07, 6.45) is 2.09. The summed E-state index contributed by atoms with van der Waals surface area (Å²) in [5, 5.41) is 11.5. The molecule has 1 aliphatic rings. The van der Waals surface area contributed by atoms with Crippen LogP contribution in [0.15, 0.2) is 48.5 Å². The van der Waals surface area contributed by atoms with E-state index in [4.69, 9.17) is 4.74 Å². The Kier molecular flexibility index (Phi) is 8.21. The third-order valence-corrected chi connectivity index (χ3v) is 4.94. The number of carbonyl (C=O) groups excluding carboxylic acids is 3. The number of anilines is 2. The van der Waals surface area contributed by atoms with Crippen LogP contribution in [0.25, 0.3) is 0 Å². The number of ether oxygens (including phenoxy) is 1. The van der Waals surface area contributed by atoms with E-state index >= 15 is 0 Å². The fourth-order valence-electron chi connectivity index (χ4n) is 3.32. The van der Waals surface area contributed by atoms with Gasteiger partial charge in [0.2, 0.25) is 5.91 Å². The zero-order valence-electron chi connectivity index (χ0n) is 18.4. The summed E-state index contributed by atoms with van der Waals surface area (Å²) < 4.78 is 5.50. The molecule has 4 N–H and O–H groups in total. The molecule has 170 valence electrons. The maximum absolute atomic E-state index is 12.3. The number of benzene rings is 2. The maximum atomic E-state index is 12.3. The standard InChI is InChI=1S/C24H30N4O4/c1-16(2)27-24(31)18-5-3-6-20(13-18)25-15-22(29)28-19-10-8-17(9-11-19)23(30)26-14-21-7-4-12-32-21/h3,5-6,8-11,13,16,21,25H,4,7,12,14-15H2,1-2H3,(H,26,30)(H,27,31)(H,28,29). The average Bonchev–Trinajstić information content (AvgIpc) is 3.30. The van der Waals surface area contributed by atoms with Crippen molar-refractivity contribution in [3.63, 3.8) is 0 Å². The van der Waals surface area contributed by atoms with Crippen molar-refractivity contribution in [1.82, 2.24) is 10.6 Å². The van der Waals surface area contributed by atoms with Gasteiger partial charge in [0.25, 0.3) is 11.8 Å². The van der Waals surface area contributed by atoms with Crippen molar-refractivity contribution >= 4 is 29.1 Å². The number of hydrogen-bond donors (Lipinski definition) is 4. The fraction of sp³-hybridized carbons (Fsp3) is 0.375. The Morgan fingerprint density at radius 2 is 1.78 bits per heavy atom. The van der Waals surface area contributed by atoms with Crippen molar-refractivity contribution in [1.29, 1.82) is 0 Å². The van der Waals surface area contributed by atoms with Gasteiger partial charge in [-0.05, 0) is 69.2 Å². The largest absolute Gasteiger partial charge is 0.376 e. The van der Waals surface area contributed by atoms with E-state index in [2.05, 4.69) is 21.3 Å². The second kappa shape index (κ2) is 11.3. The molecule has 1 aliphatic heterocycles. The van der Waals surface area contributed by atoms with Gasteiger partial charge in [0.1, 0.15) is 0 Å². The van der Waals surface area contributed by atoms with Crippen LogP contribution < -0.4 is 21.3 Å². The Morgan fingerprint density at radius 3 is 2.47 bits per heavy atom. The van der Waals surface area contributed by atoms with E-state index in [0.29, 0.717) is 29.0 Å². The van der Waals surface area contributed by atoms with Crippen LogP contribution in [0.5, 0.6) is 0 Å². The van der Waals surface area contributed by atoms with Gasteiger partial charge in [-0.1, -0.05) is 6.07 Å². The van der Waals surface area contributed by atoms with E-state index in [1.165, 1.54) is 0 Å².